The SMILES string of the molecule is Clc1ccc(Cl)c(Oc2nnns2)c1. The number of halogens is 2. The summed E-state index contributed by atoms with van der Waals surface area (Å²) in [5.74, 6) is 0.442. The molecule has 0 unspecified atom stereocenters. The molecule has 2 aromatic rings. The monoisotopic (exact) mass is 247 g/mol. The van der Waals surface area contributed by atoms with Gasteiger partial charge in [-0.05, 0) is 17.3 Å². The van der Waals surface area contributed by atoms with Gasteiger partial charge in [-0.1, -0.05) is 32.8 Å². The minimum atomic E-state index is 0.328. The summed E-state index contributed by atoms with van der Waals surface area (Å²) in [7, 11) is 0. The highest BCUT2D eigenvalue weighted by Gasteiger charge is 2.06. The Balaban J connectivity index is 2.28. The Labute approximate surface area is 93.6 Å². The van der Waals surface area contributed by atoms with Crippen LogP contribution in [0.2, 0.25) is 10.0 Å². The third-order valence-electron chi connectivity index (χ3n) is 1.37. The van der Waals surface area contributed by atoms with Crippen molar-refractivity contribution in [2.45, 2.75) is 0 Å². The Morgan fingerprint density at radius 3 is 2.86 bits per heavy atom. The normalized spacial score (nSPS) is 10.1. The van der Waals surface area contributed by atoms with Gasteiger partial charge in [0.05, 0.1) is 5.02 Å². The Hall–Kier alpha value is -0.910. The lowest BCUT2D eigenvalue weighted by Gasteiger charge is -2.02. The summed E-state index contributed by atoms with van der Waals surface area (Å²) >= 11 is 12.7. The zero-order valence-electron chi connectivity index (χ0n) is 6.65. The van der Waals surface area contributed by atoms with Gasteiger partial charge in [0.1, 0.15) is 0 Å². The summed E-state index contributed by atoms with van der Waals surface area (Å²) in [6.07, 6.45) is 0. The first-order chi connectivity index (χ1) is 6.75. The van der Waals surface area contributed by atoms with Gasteiger partial charge < -0.3 is 4.74 Å². The van der Waals surface area contributed by atoms with Gasteiger partial charge in [0, 0.05) is 22.6 Å². The van der Waals surface area contributed by atoms with Crippen LogP contribution in [-0.2, 0) is 0 Å². The number of benzene rings is 1. The largest absolute Gasteiger partial charge is 0.427 e. The predicted molar refractivity (Wildman–Crippen MR) is 54.2 cm³/mol. The van der Waals surface area contributed by atoms with E-state index in [0.29, 0.717) is 21.0 Å². The van der Waals surface area contributed by atoms with Gasteiger partial charge in [-0.2, -0.15) is 0 Å². The summed E-state index contributed by atoms with van der Waals surface area (Å²) in [5.41, 5.74) is 0. The van der Waals surface area contributed by atoms with E-state index in [9.17, 15) is 0 Å². The maximum atomic E-state index is 5.87. The highest BCUT2D eigenvalue weighted by molar-refractivity contribution is 7.07. The molecule has 0 fully saturated rings. The van der Waals surface area contributed by atoms with E-state index in [4.69, 9.17) is 27.9 Å². The average Bonchev–Trinajstić information content (AvgIpc) is 2.64. The van der Waals surface area contributed by atoms with Crippen molar-refractivity contribution >= 4 is 34.7 Å². The fourth-order valence-electron chi connectivity index (χ4n) is 0.815. The van der Waals surface area contributed by atoms with E-state index in [-0.39, 0.29) is 0 Å². The van der Waals surface area contributed by atoms with Crippen molar-refractivity contribution in [1.29, 1.82) is 0 Å². The summed E-state index contributed by atoms with van der Waals surface area (Å²) in [4.78, 5) is 0. The van der Waals surface area contributed by atoms with Crippen LogP contribution in [0.4, 0.5) is 0 Å². The van der Waals surface area contributed by atoms with Crippen molar-refractivity contribution in [3.05, 3.63) is 28.2 Å². The molecule has 14 heavy (non-hydrogen) atoms. The van der Waals surface area contributed by atoms with Gasteiger partial charge in [0.15, 0.2) is 5.75 Å². The van der Waals surface area contributed by atoms with Gasteiger partial charge in [-0.3, -0.25) is 0 Å². The Morgan fingerprint density at radius 1 is 1.29 bits per heavy atom. The molecule has 0 aliphatic rings. The summed E-state index contributed by atoms with van der Waals surface area (Å²) < 4.78 is 8.85. The quantitative estimate of drug-likeness (QED) is 0.819. The number of hydrogen-bond donors (Lipinski definition) is 0. The first-order valence-corrected chi connectivity index (χ1v) is 5.06. The van der Waals surface area contributed by atoms with Crippen molar-refractivity contribution in [2.75, 3.05) is 0 Å². The third kappa shape index (κ3) is 2.12. The minimum Gasteiger partial charge on any atom is -0.427 e. The van der Waals surface area contributed by atoms with Crippen LogP contribution >= 0.6 is 34.7 Å². The van der Waals surface area contributed by atoms with E-state index < -0.39 is 0 Å². The Morgan fingerprint density at radius 2 is 2.14 bits per heavy atom. The molecule has 0 amide bonds. The molecule has 2 rings (SSSR count). The van der Waals surface area contributed by atoms with Gasteiger partial charge in [0.25, 0.3) is 0 Å². The highest BCUT2D eigenvalue weighted by atomic mass is 35.5. The topological polar surface area (TPSA) is 47.9 Å². The van der Waals surface area contributed by atoms with E-state index in [1.54, 1.807) is 18.2 Å². The molecule has 1 aromatic heterocycles. The van der Waals surface area contributed by atoms with Crippen molar-refractivity contribution in [1.82, 2.24) is 14.8 Å². The molecule has 0 atom stereocenters. The molecule has 0 aliphatic carbocycles. The van der Waals surface area contributed by atoms with E-state index in [1.807, 2.05) is 0 Å². The molecule has 7 heteroatoms. The number of ether oxygens (including phenoxy) is 1. The van der Waals surface area contributed by atoms with Crippen LogP contribution in [0, 0.1) is 0 Å². The highest BCUT2D eigenvalue weighted by Crippen LogP contribution is 2.31. The number of hydrogen-bond acceptors (Lipinski definition) is 5. The molecule has 1 heterocycles. The summed E-state index contributed by atoms with van der Waals surface area (Å²) in [6.45, 7) is 0. The molecule has 1 aromatic carbocycles. The smallest absolute Gasteiger partial charge is 0.319 e. The zero-order chi connectivity index (χ0) is 9.97. The predicted octanol–water partition coefficient (Wildman–Crippen LogP) is 3.03. The molecule has 0 radical (unpaired) electrons. The van der Waals surface area contributed by atoms with Crippen molar-refractivity contribution in [3.63, 3.8) is 0 Å². The van der Waals surface area contributed by atoms with Crippen LogP contribution in [0.5, 0.6) is 10.9 Å². The van der Waals surface area contributed by atoms with E-state index in [2.05, 4.69) is 14.8 Å². The van der Waals surface area contributed by atoms with E-state index >= 15 is 0 Å². The van der Waals surface area contributed by atoms with Crippen LogP contribution in [0.1, 0.15) is 0 Å². The lowest BCUT2D eigenvalue weighted by Crippen LogP contribution is -1.84. The van der Waals surface area contributed by atoms with Gasteiger partial charge in [-0.15, -0.1) is 0 Å². The molecule has 72 valence electrons. The fraction of sp³-hybridized carbons (Fsp3) is 0. The fourth-order valence-corrected chi connectivity index (χ4v) is 1.48. The summed E-state index contributed by atoms with van der Waals surface area (Å²) in [6, 6.07) is 4.92. The lowest BCUT2D eigenvalue weighted by molar-refractivity contribution is 0.473. The molecule has 0 spiro atoms. The standard InChI is InChI=1S/C7H3Cl2N3OS/c8-4-1-2-5(9)6(3-4)13-7-10-11-12-14-7/h1-3H. The number of aromatic nitrogens is 3. The molecular weight excluding hydrogens is 245 g/mol. The first kappa shape index (κ1) is 9.64. The molecule has 0 aliphatic heterocycles. The Bertz CT molecular complexity index is 435. The average molecular weight is 248 g/mol. The summed E-state index contributed by atoms with van der Waals surface area (Å²) in [5, 5.41) is 8.34. The Kier molecular flexibility index (Phi) is 2.81. The maximum Gasteiger partial charge on any atom is 0.319 e. The van der Waals surface area contributed by atoms with Crippen molar-refractivity contribution in [3.8, 4) is 10.9 Å². The lowest BCUT2D eigenvalue weighted by atomic mass is 10.3. The minimum absolute atomic E-state index is 0.328. The van der Waals surface area contributed by atoms with Crippen molar-refractivity contribution < 1.29 is 4.74 Å². The first-order valence-electron chi connectivity index (χ1n) is 3.53. The third-order valence-corrected chi connectivity index (χ3v) is 2.40. The number of nitrogens with zero attached hydrogens (tertiary/aromatic N) is 3. The van der Waals surface area contributed by atoms with Gasteiger partial charge >= 0.3 is 5.19 Å². The molecule has 0 saturated carbocycles. The number of rotatable bonds is 2. The second-order valence-corrected chi connectivity index (χ2v) is 3.84. The van der Waals surface area contributed by atoms with Crippen LogP contribution in [0.15, 0.2) is 18.2 Å². The second-order valence-electron chi connectivity index (χ2n) is 2.31. The van der Waals surface area contributed by atoms with Crippen LogP contribution in [-0.4, -0.2) is 14.8 Å². The maximum absolute atomic E-state index is 5.87. The molecule has 0 bridgehead atoms. The molecule has 0 saturated heterocycles. The van der Waals surface area contributed by atoms with E-state index in [1.165, 1.54) is 0 Å². The van der Waals surface area contributed by atoms with Crippen molar-refractivity contribution in [2.24, 2.45) is 0 Å². The van der Waals surface area contributed by atoms with Gasteiger partial charge in [-0.25, -0.2) is 0 Å². The molecular formula is C7H3Cl2N3OS. The van der Waals surface area contributed by atoms with E-state index in [0.717, 1.165) is 11.5 Å². The van der Waals surface area contributed by atoms with Crippen LogP contribution < -0.4 is 4.74 Å². The van der Waals surface area contributed by atoms with Gasteiger partial charge in [0.2, 0.25) is 0 Å². The molecule has 4 nitrogen and oxygen atoms in total. The van der Waals surface area contributed by atoms with Crippen LogP contribution in [0.3, 0.4) is 0 Å². The second kappa shape index (κ2) is 4.08. The molecule has 0 N–H and O–H groups in total. The van der Waals surface area contributed by atoms with Crippen LogP contribution in [0.25, 0.3) is 0 Å². The zero-order valence-corrected chi connectivity index (χ0v) is 8.97.